The summed E-state index contributed by atoms with van der Waals surface area (Å²) >= 11 is 6.38. The van der Waals surface area contributed by atoms with Crippen molar-refractivity contribution in [2.45, 2.75) is 46.2 Å². The summed E-state index contributed by atoms with van der Waals surface area (Å²) in [5.41, 5.74) is 1.05. The van der Waals surface area contributed by atoms with E-state index >= 15 is 0 Å². The van der Waals surface area contributed by atoms with Gasteiger partial charge in [-0.3, -0.25) is 4.90 Å². The molecule has 1 amide bonds. The highest BCUT2D eigenvalue weighted by molar-refractivity contribution is 6.37. The average Bonchev–Trinajstić information content (AvgIpc) is 2.66. The first-order valence-electron chi connectivity index (χ1n) is 7.08. The third-order valence-corrected chi connectivity index (χ3v) is 3.69. The SMILES string of the molecule is CCCn1cc(Cl)c2c(N(C(=O)O)C(C)(C)C)cccc21. The summed E-state index contributed by atoms with van der Waals surface area (Å²) in [6.07, 6.45) is 1.89. The molecule has 0 atom stereocenters. The number of nitrogens with zero attached hydrogens (tertiary/aromatic N) is 2. The summed E-state index contributed by atoms with van der Waals surface area (Å²) in [6, 6.07) is 5.66. The summed E-state index contributed by atoms with van der Waals surface area (Å²) < 4.78 is 2.07. The van der Waals surface area contributed by atoms with Crippen molar-refractivity contribution >= 4 is 34.3 Å². The topological polar surface area (TPSA) is 45.5 Å². The van der Waals surface area contributed by atoms with E-state index in [0.717, 1.165) is 23.9 Å². The Hall–Kier alpha value is -1.68. The average molecular weight is 309 g/mol. The van der Waals surface area contributed by atoms with Crippen LogP contribution in [0, 0.1) is 0 Å². The number of aryl methyl sites for hydroxylation is 1. The predicted octanol–water partition coefficient (Wildman–Crippen LogP) is 4.99. The second kappa shape index (κ2) is 5.60. The van der Waals surface area contributed by atoms with Crippen LogP contribution in [0.1, 0.15) is 34.1 Å². The minimum absolute atomic E-state index is 0.545. The maximum absolute atomic E-state index is 11.7. The van der Waals surface area contributed by atoms with Gasteiger partial charge in [0.1, 0.15) is 0 Å². The lowest BCUT2D eigenvalue weighted by atomic mass is 10.0. The normalized spacial score (nSPS) is 11.9. The Kier molecular flexibility index (Phi) is 4.19. The van der Waals surface area contributed by atoms with Gasteiger partial charge >= 0.3 is 6.09 Å². The number of aromatic nitrogens is 1. The smallest absolute Gasteiger partial charge is 0.412 e. The maximum atomic E-state index is 11.7. The monoisotopic (exact) mass is 308 g/mol. The number of anilines is 1. The summed E-state index contributed by atoms with van der Waals surface area (Å²) in [4.78, 5) is 13.1. The molecule has 1 aromatic heterocycles. The third-order valence-electron chi connectivity index (χ3n) is 3.41. The minimum Gasteiger partial charge on any atom is -0.465 e. The Balaban J connectivity index is 2.72. The number of carboxylic acid groups (broad SMARTS) is 1. The van der Waals surface area contributed by atoms with Crippen LogP contribution in [0.2, 0.25) is 5.02 Å². The maximum Gasteiger partial charge on any atom is 0.412 e. The number of rotatable bonds is 3. The molecule has 0 aliphatic carbocycles. The number of hydrogen-bond donors (Lipinski definition) is 1. The zero-order chi connectivity index (χ0) is 15.8. The Labute approximate surface area is 129 Å². The molecule has 0 spiro atoms. The number of carbonyl (C=O) groups is 1. The van der Waals surface area contributed by atoms with Gasteiger partial charge in [-0.05, 0) is 39.3 Å². The Morgan fingerprint density at radius 3 is 2.57 bits per heavy atom. The molecule has 0 saturated carbocycles. The minimum atomic E-state index is -0.977. The van der Waals surface area contributed by atoms with E-state index in [1.807, 2.05) is 45.2 Å². The summed E-state index contributed by atoms with van der Waals surface area (Å²) in [7, 11) is 0. The van der Waals surface area contributed by atoms with Crippen molar-refractivity contribution < 1.29 is 9.90 Å². The van der Waals surface area contributed by atoms with E-state index in [2.05, 4.69) is 11.5 Å². The van der Waals surface area contributed by atoms with E-state index in [1.54, 1.807) is 0 Å². The highest BCUT2D eigenvalue weighted by Gasteiger charge is 2.30. The lowest BCUT2D eigenvalue weighted by Crippen LogP contribution is -2.45. The second-order valence-electron chi connectivity index (χ2n) is 6.13. The van der Waals surface area contributed by atoms with E-state index in [9.17, 15) is 9.90 Å². The molecule has 5 heteroatoms. The van der Waals surface area contributed by atoms with Crippen LogP contribution in [0.3, 0.4) is 0 Å². The number of amides is 1. The molecule has 0 unspecified atom stereocenters. The van der Waals surface area contributed by atoms with Gasteiger partial charge in [0.2, 0.25) is 0 Å². The lowest BCUT2D eigenvalue weighted by molar-refractivity contribution is 0.196. The van der Waals surface area contributed by atoms with Crippen LogP contribution < -0.4 is 4.90 Å². The van der Waals surface area contributed by atoms with Crippen molar-refractivity contribution in [3.05, 3.63) is 29.4 Å². The molecule has 0 bridgehead atoms. The zero-order valence-electron chi connectivity index (χ0n) is 12.9. The molecule has 0 saturated heterocycles. The molecule has 21 heavy (non-hydrogen) atoms. The second-order valence-corrected chi connectivity index (χ2v) is 6.54. The van der Waals surface area contributed by atoms with Crippen molar-refractivity contribution in [3.8, 4) is 0 Å². The molecular weight excluding hydrogens is 288 g/mol. The molecule has 2 aromatic rings. The van der Waals surface area contributed by atoms with Gasteiger partial charge in [-0.15, -0.1) is 0 Å². The Bertz CT molecular complexity index is 671. The predicted molar refractivity (Wildman–Crippen MR) is 87.5 cm³/mol. The van der Waals surface area contributed by atoms with Crippen LogP contribution in [-0.4, -0.2) is 21.3 Å². The van der Waals surface area contributed by atoms with Gasteiger partial charge in [0.25, 0.3) is 0 Å². The van der Waals surface area contributed by atoms with Crippen LogP contribution in [0.5, 0.6) is 0 Å². The molecule has 1 aromatic carbocycles. The van der Waals surface area contributed by atoms with Gasteiger partial charge < -0.3 is 9.67 Å². The molecule has 4 nitrogen and oxygen atoms in total. The van der Waals surface area contributed by atoms with Gasteiger partial charge in [0, 0.05) is 23.7 Å². The highest BCUT2D eigenvalue weighted by Crippen LogP contribution is 2.37. The Morgan fingerprint density at radius 2 is 2.05 bits per heavy atom. The van der Waals surface area contributed by atoms with Gasteiger partial charge in [-0.25, -0.2) is 4.79 Å². The van der Waals surface area contributed by atoms with Crippen LogP contribution in [0.25, 0.3) is 10.9 Å². The number of halogens is 1. The van der Waals surface area contributed by atoms with Crippen LogP contribution in [0.15, 0.2) is 24.4 Å². The van der Waals surface area contributed by atoms with Crippen molar-refractivity contribution in [2.24, 2.45) is 0 Å². The largest absolute Gasteiger partial charge is 0.465 e. The standard InChI is InChI=1S/C16H21ClN2O2/c1-5-9-18-10-11(17)14-12(18)7-6-8-13(14)19(15(20)21)16(2,3)4/h6-8,10H,5,9H2,1-4H3,(H,20,21). The van der Waals surface area contributed by atoms with Gasteiger partial charge in [-0.1, -0.05) is 24.6 Å². The van der Waals surface area contributed by atoms with E-state index in [0.29, 0.717) is 10.7 Å². The molecule has 114 valence electrons. The first kappa shape index (κ1) is 15.7. The first-order valence-corrected chi connectivity index (χ1v) is 7.45. The van der Waals surface area contributed by atoms with Gasteiger partial charge in [0.05, 0.1) is 16.2 Å². The van der Waals surface area contributed by atoms with Gasteiger partial charge in [-0.2, -0.15) is 0 Å². The van der Waals surface area contributed by atoms with E-state index in [1.165, 1.54) is 4.90 Å². The van der Waals surface area contributed by atoms with Crippen LogP contribution >= 0.6 is 11.6 Å². The van der Waals surface area contributed by atoms with Crippen LogP contribution in [-0.2, 0) is 6.54 Å². The summed E-state index contributed by atoms with van der Waals surface area (Å²) in [5, 5.41) is 11.0. The Morgan fingerprint density at radius 1 is 1.38 bits per heavy atom. The van der Waals surface area contributed by atoms with Crippen molar-refractivity contribution in [1.29, 1.82) is 0 Å². The van der Waals surface area contributed by atoms with Crippen molar-refractivity contribution in [1.82, 2.24) is 4.57 Å². The fourth-order valence-electron chi connectivity index (χ4n) is 2.65. The molecule has 2 rings (SSSR count). The first-order chi connectivity index (χ1) is 9.77. The number of fused-ring (bicyclic) bond motifs is 1. The molecule has 0 fully saturated rings. The zero-order valence-corrected chi connectivity index (χ0v) is 13.6. The number of benzene rings is 1. The van der Waals surface area contributed by atoms with E-state index in [4.69, 9.17) is 11.6 Å². The number of hydrogen-bond acceptors (Lipinski definition) is 1. The fourth-order valence-corrected chi connectivity index (χ4v) is 2.96. The molecule has 1 N–H and O–H groups in total. The lowest BCUT2D eigenvalue weighted by Gasteiger charge is -2.33. The van der Waals surface area contributed by atoms with Crippen LogP contribution in [0.4, 0.5) is 10.5 Å². The molecule has 1 heterocycles. The molecule has 0 radical (unpaired) electrons. The summed E-state index contributed by atoms with van der Waals surface area (Å²) in [5.74, 6) is 0. The quantitative estimate of drug-likeness (QED) is 0.868. The van der Waals surface area contributed by atoms with Gasteiger partial charge in [0.15, 0.2) is 0 Å². The van der Waals surface area contributed by atoms with E-state index < -0.39 is 11.6 Å². The summed E-state index contributed by atoms with van der Waals surface area (Å²) in [6.45, 7) is 8.57. The van der Waals surface area contributed by atoms with Crippen molar-refractivity contribution in [3.63, 3.8) is 0 Å². The molecule has 0 aliphatic heterocycles. The molecular formula is C16H21ClN2O2. The fraction of sp³-hybridized carbons (Fsp3) is 0.438. The highest BCUT2D eigenvalue weighted by atomic mass is 35.5. The molecule has 0 aliphatic rings. The van der Waals surface area contributed by atoms with E-state index in [-0.39, 0.29) is 0 Å². The third kappa shape index (κ3) is 2.86. The van der Waals surface area contributed by atoms with Crippen molar-refractivity contribution in [2.75, 3.05) is 4.90 Å².